The molecule has 57 heavy (non-hydrogen) atoms. The average Bonchev–Trinajstić information content (AvgIpc) is 3.20. The second-order valence-corrected chi connectivity index (χ2v) is 15.5. The fourth-order valence-corrected chi connectivity index (χ4v) is 6.52. The van der Waals surface area contributed by atoms with E-state index in [0.29, 0.717) is 65.9 Å². The number of ether oxygens (including phenoxy) is 5. The van der Waals surface area contributed by atoms with Gasteiger partial charge in [0.1, 0.15) is 6.04 Å². The quantitative estimate of drug-likeness (QED) is 0.0437. The van der Waals surface area contributed by atoms with Gasteiger partial charge in [-0.15, -0.1) is 0 Å². The number of amides is 2. The molecule has 5 N–H and O–H groups in total. The van der Waals surface area contributed by atoms with Crippen LogP contribution >= 0.6 is 0 Å². The molecule has 0 fully saturated rings. The summed E-state index contributed by atoms with van der Waals surface area (Å²) in [7, 11) is 0. The van der Waals surface area contributed by atoms with Crippen LogP contribution in [0.5, 0.6) is 0 Å². The summed E-state index contributed by atoms with van der Waals surface area (Å²) in [6, 6.07) is -1.17. The van der Waals surface area contributed by atoms with E-state index in [0.717, 1.165) is 25.7 Å². The smallest absolute Gasteiger partial charge is 0.326 e. The Labute approximate surface area is 348 Å². The molecule has 0 bridgehead atoms. The van der Waals surface area contributed by atoms with E-state index in [9.17, 15) is 19.5 Å². The Bertz CT molecular complexity index is 883. The van der Waals surface area contributed by atoms with Gasteiger partial charge in [0.2, 0.25) is 11.8 Å². The van der Waals surface area contributed by atoms with Gasteiger partial charge in [-0.25, -0.2) is 4.79 Å². The highest BCUT2D eigenvalue weighted by molar-refractivity contribution is 5.84. The lowest BCUT2D eigenvalue weighted by Crippen LogP contribution is -2.42. The van der Waals surface area contributed by atoms with Crippen molar-refractivity contribution in [3.63, 3.8) is 0 Å². The number of nitrogens with one attached hydrogen (secondary N) is 2. The van der Waals surface area contributed by atoms with Crippen LogP contribution in [0.2, 0.25) is 0 Å². The Balaban J connectivity index is 4.44. The number of carboxylic acid groups (broad SMARTS) is 1. The van der Waals surface area contributed by atoms with Crippen LogP contribution in [0.25, 0.3) is 0 Å². The highest BCUT2D eigenvalue weighted by Crippen LogP contribution is 2.14. The van der Waals surface area contributed by atoms with E-state index in [1.54, 1.807) is 0 Å². The molecule has 0 spiro atoms. The first-order chi connectivity index (χ1) is 27.9. The van der Waals surface area contributed by atoms with Crippen LogP contribution in [0, 0.1) is 0 Å². The fraction of sp³-hybridized carbons (Fsp3) is 0.933. The molecule has 0 aromatic rings. The Hall–Kier alpha value is -1.83. The summed E-state index contributed by atoms with van der Waals surface area (Å²) in [5.74, 6) is -1.92. The third-order valence-corrected chi connectivity index (χ3v) is 10.1. The van der Waals surface area contributed by atoms with E-state index in [-0.39, 0.29) is 37.9 Å². The van der Waals surface area contributed by atoms with Crippen LogP contribution in [0.3, 0.4) is 0 Å². The van der Waals surface area contributed by atoms with E-state index < -0.39 is 17.9 Å². The summed E-state index contributed by atoms with van der Waals surface area (Å²) in [5.41, 5.74) is 5.36. The van der Waals surface area contributed by atoms with Gasteiger partial charge < -0.3 is 45.2 Å². The summed E-state index contributed by atoms with van der Waals surface area (Å²) in [5, 5.41) is 15.1. The maximum atomic E-state index is 12.8. The van der Waals surface area contributed by atoms with Crippen molar-refractivity contribution in [3.05, 3.63) is 0 Å². The number of hydrogen-bond donors (Lipinski definition) is 4. The van der Waals surface area contributed by atoms with Gasteiger partial charge in [0.25, 0.3) is 0 Å². The van der Waals surface area contributed by atoms with Crippen molar-refractivity contribution in [1.29, 1.82) is 0 Å². The second kappa shape index (κ2) is 45.3. The zero-order chi connectivity index (χ0) is 41.7. The summed E-state index contributed by atoms with van der Waals surface area (Å²) in [4.78, 5) is 36.9. The van der Waals surface area contributed by atoms with Crippen LogP contribution in [-0.2, 0) is 38.1 Å². The number of hydrogen-bond acceptors (Lipinski definition) is 9. The maximum Gasteiger partial charge on any atom is 0.326 e. The summed E-state index contributed by atoms with van der Waals surface area (Å²) in [6.07, 6.45) is 30.6. The zero-order valence-electron chi connectivity index (χ0n) is 36.8. The number of unbranched alkanes of at least 4 members (excludes halogenated alkanes) is 22. The molecule has 0 aromatic carbocycles. The lowest BCUT2D eigenvalue weighted by Gasteiger charge is -2.19. The van der Waals surface area contributed by atoms with Gasteiger partial charge in [0.15, 0.2) is 0 Å². The van der Waals surface area contributed by atoms with Gasteiger partial charge in [-0.3, -0.25) is 9.59 Å². The molecular weight excluding hydrogens is 727 g/mol. The van der Waals surface area contributed by atoms with Gasteiger partial charge in [0.05, 0.1) is 52.4 Å². The summed E-state index contributed by atoms with van der Waals surface area (Å²) < 4.78 is 28.2. The average molecular weight is 816 g/mol. The number of rotatable bonds is 47. The predicted molar refractivity (Wildman–Crippen MR) is 231 cm³/mol. The Kier molecular flexibility index (Phi) is 43.8. The van der Waals surface area contributed by atoms with Gasteiger partial charge in [-0.05, 0) is 19.3 Å². The Morgan fingerprint density at radius 2 is 0.947 bits per heavy atom. The molecular formula is C45H89N3O9. The third kappa shape index (κ3) is 42.1. The van der Waals surface area contributed by atoms with Crippen molar-refractivity contribution in [2.75, 3.05) is 72.6 Å². The third-order valence-electron chi connectivity index (χ3n) is 10.1. The molecule has 338 valence electrons. The summed E-state index contributed by atoms with van der Waals surface area (Å²) >= 11 is 0. The van der Waals surface area contributed by atoms with Crippen molar-refractivity contribution in [2.24, 2.45) is 5.73 Å². The normalized spacial score (nSPS) is 12.5. The van der Waals surface area contributed by atoms with Crippen molar-refractivity contribution in [1.82, 2.24) is 10.6 Å². The van der Waals surface area contributed by atoms with Crippen molar-refractivity contribution >= 4 is 17.8 Å². The zero-order valence-corrected chi connectivity index (χ0v) is 36.8. The second-order valence-electron chi connectivity index (χ2n) is 15.5. The Morgan fingerprint density at radius 1 is 0.509 bits per heavy atom. The SMILES string of the molecule is CCCCCCCCCCCCCCOCC(CNC(=O)CC[C@H](NC(=O)CCOCCOCCOCCN)C(=O)O)OCCCCCCCCCCCCCC. The largest absolute Gasteiger partial charge is 0.480 e. The number of carbonyl (C=O) groups excluding carboxylic acids is 2. The standard InChI is InChI=1S/C45H89N3O9/c1-3-5-7-9-11-13-15-17-19-21-23-25-31-56-40-41(57-32-26-24-22-20-18-16-14-12-10-8-6-4-2)39-47-43(49)28-27-42(45(51)52)48-44(50)29-33-53-35-37-55-38-36-54-34-30-46/h41-42H,3-40,46H2,1-2H3,(H,47,49)(H,48,50)(H,51,52)/t41?,42-/m0/s1. The van der Waals surface area contributed by atoms with E-state index in [4.69, 9.17) is 29.4 Å². The van der Waals surface area contributed by atoms with Crippen molar-refractivity contribution < 1.29 is 43.2 Å². The molecule has 12 heteroatoms. The van der Waals surface area contributed by atoms with Gasteiger partial charge >= 0.3 is 5.97 Å². The molecule has 0 saturated heterocycles. The molecule has 0 saturated carbocycles. The fourth-order valence-electron chi connectivity index (χ4n) is 6.52. The summed E-state index contributed by atoms with van der Waals surface area (Å²) in [6.45, 7) is 9.14. The van der Waals surface area contributed by atoms with Crippen LogP contribution in [0.1, 0.15) is 187 Å². The molecule has 2 amide bonds. The molecule has 2 atom stereocenters. The lowest BCUT2D eigenvalue weighted by molar-refractivity contribution is -0.142. The first-order valence-corrected chi connectivity index (χ1v) is 23.4. The first-order valence-electron chi connectivity index (χ1n) is 23.4. The van der Waals surface area contributed by atoms with E-state index in [1.807, 2.05) is 0 Å². The Morgan fingerprint density at radius 3 is 1.42 bits per heavy atom. The monoisotopic (exact) mass is 816 g/mol. The highest BCUT2D eigenvalue weighted by atomic mass is 16.5. The first kappa shape index (κ1) is 55.2. The molecule has 12 nitrogen and oxygen atoms in total. The van der Waals surface area contributed by atoms with Crippen LogP contribution < -0.4 is 16.4 Å². The van der Waals surface area contributed by atoms with Gasteiger partial charge in [-0.2, -0.15) is 0 Å². The minimum absolute atomic E-state index is 0.00700. The number of carbonyl (C=O) groups is 3. The minimum atomic E-state index is -1.18. The van der Waals surface area contributed by atoms with Crippen molar-refractivity contribution in [2.45, 2.75) is 199 Å². The molecule has 0 aliphatic heterocycles. The van der Waals surface area contributed by atoms with E-state index >= 15 is 0 Å². The van der Waals surface area contributed by atoms with E-state index in [2.05, 4.69) is 24.5 Å². The van der Waals surface area contributed by atoms with E-state index in [1.165, 1.54) is 128 Å². The number of carboxylic acids is 1. The topological polar surface area (TPSA) is 168 Å². The molecule has 0 aliphatic carbocycles. The van der Waals surface area contributed by atoms with Crippen LogP contribution in [0.4, 0.5) is 0 Å². The molecule has 1 unspecified atom stereocenters. The highest BCUT2D eigenvalue weighted by Gasteiger charge is 2.21. The van der Waals surface area contributed by atoms with Gasteiger partial charge in [0, 0.05) is 39.1 Å². The molecule has 0 aromatic heterocycles. The number of nitrogens with two attached hydrogens (primary N) is 1. The lowest BCUT2D eigenvalue weighted by atomic mass is 10.1. The van der Waals surface area contributed by atoms with Crippen LogP contribution in [0.15, 0.2) is 0 Å². The molecule has 0 rings (SSSR count). The minimum Gasteiger partial charge on any atom is -0.480 e. The molecule has 0 radical (unpaired) electrons. The van der Waals surface area contributed by atoms with Crippen LogP contribution in [-0.4, -0.2) is 108 Å². The van der Waals surface area contributed by atoms with Crippen molar-refractivity contribution in [3.8, 4) is 0 Å². The molecule has 0 heterocycles. The molecule has 0 aliphatic rings. The number of aliphatic carboxylic acids is 1. The van der Waals surface area contributed by atoms with Gasteiger partial charge in [-0.1, -0.05) is 155 Å². The maximum absolute atomic E-state index is 12.8. The predicted octanol–water partition coefficient (Wildman–Crippen LogP) is 8.65.